The molecule has 1 fully saturated rings. The summed E-state index contributed by atoms with van der Waals surface area (Å²) in [6, 6.07) is 11.9. The van der Waals surface area contributed by atoms with Gasteiger partial charge in [-0.15, -0.1) is 11.3 Å². The van der Waals surface area contributed by atoms with E-state index in [2.05, 4.69) is 11.1 Å². The lowest BCUT2D eigenvalue weighted by Crippen LogP contribution is -2.30. The average Bonchev–Trinajstić information content (AvgIpc) is 3.35. The molecule has 6 heteroatoms. The molecule has 0 saturated carbocycles. The highest BCUT2D eigenvalue weighted by molar-refractivity contribution is 7.16. The first-order valence-electron chi connectivity index (χ1n) is 8.83. The van der Waals surface area contributed by atoms with Gasteiger partial charge in [-0.3, -0.25) is 4.79 Å². The standard InChI is InChI=1S/C20H18N2O3S/c23-20(14-3-5-15-19(11-14)26-12-21-15)22-7-1-2-16(22)13-4-6-17-18(10-13)25-9-8-24-17/h3-6,10-12,16H,1-2,7-9H2/t16-/m0/s1. The van der Waals surface area contributed by atoms with Crippen molar-refractivity contribution in [2.45, 2.75) is 18.9 Å². The monoisotopic (exact) mass is 366 g/mol. The summed E-state index contributed by atoms with van der Waals surface area (Å²) in [5.74, 6) is 1.64. The van der Waals surface area contributed by atoms with Crippen LogP contribution in [0.5, 0.6) is 11.5 Å². The van der Waals surface area contributed by atoms with Crippen LogP contribution in [0.2, 0.25) is 0 Å². The third kappa shape index (κ3) is 2.61. The molecule has 5 nitrogen and oxygen atoms in total. The molecule has 0 bridgehead atoms. The zero-order valence-corrected chi connectivity index (χ0v) is 15.0. The molecule has 0 spiro atoms. The Morgan fingerprint density at radius 2 is 2.00 bits per heavy atom. The van der Waals surface area contributed by atoms with Crippen molar-refractivity contribution < 1.29 is 14.3 Å². The number of likely N-dealkylation sites (tertiary alicyclic amines) is 1. The van der Waals surface area contributed by atoms with Crippen LogP contribution >= 0.6 is 11.3 Å². The van der Waals surface area contributed by atoms with Crippen molar-refractivity contribution >= 4 is 27.5 Å². The molecule has 1 aromatic heterocycles. The molecule has 0 N–H and O–H groups in total. The van der Waals surface area contributed by atoms with E-state index in [1.807, 2.05) is 40.7 Å². The molecular formula is C20H18N2O3S. The van der Waals surface area contributed by atoms with Gasteiger partial charge in [0.1, 0.15) is 13.2 Å². The van der Waals surface area contributed by atoms with Crippen molar-refractivity contribution in [3.63, 3.8) is 0 Å². The highest BCUT2D eigenvalue weighted by Crippen LogP contribution is 2.38. The van der Waals surface area contributed by atoms with Crippen LogP contribution < -0.4 is 9.47 Å². The minimum absolute atomic E-state index is 0.0792. The molecule has 1 saturated heterocycles. The molecule has 0 aliphatic carbocycles. The lowest BCUT2D eigenvalue weighted by Gasteiger charge is -2.27. The second-order valence-electron chi connectivity index (χ2n) is 6.59. The number of amides is 1. The zero-order valence-electron chi connectivity index (χ0n) is 14.2. The molecule has 0 unspecified atom stereocenters. The third-order valence-electron chi connectivity index (χ3n) is 5.04. The Bertz CT molecular complexity index is 984. The van der Waals surface area contributed by atoms with Crippen molar-refractivity contribution in [2.75, 3.05) is 19.8 Å². The molecule has 0 radical (unpaired) electrons. The summed E-state index contributed by atoms with van der Waals surface area (Å²) < 4.78 is 12.4. The maximum atomic E-state index is 13.1. The minimum Gasteiger partial charge on any atom is -0.486 e. The molecule has 5 rings (SSSR count). The number of fused-ring (bicyclic) bond motifs is 2. The quantitative estimate of drug-likeness (QED) is 0.687. The van der Waals surface area contributed by atoms with Gasteiger partial charge < -0.3 is 14.4 Å². The van der Waals surface area contributed by atoms with E-state index in [4.69, 9.17) is 9.47 Å². The number of nitrogens with zero attached hydrogens (tertiary/aromatic N) is 2. The lowest BCUT2D eigenvalue weighted by atomic mass is 10.0. The first-order chi connectivity index (χ1) is 12.8. The minimum atomic E-state index is 0.0792. The molecule has 26 heavy (non-hydrogen) atoms. The topological polar surface area (TPSA) is 51.7 Å². The summed E-state index contributed by atoms with van der Waals surface area (Å²) in [4.78, 5) is 19.4. The van der Waals surface area contributed by atoms with Gasteiger partial charge in [0.15, 0.2) is 11.5 Å². The largest absolute Gasteiger partial charge is 0.486 e. The molecular weight excluding hydrogens is 348 g/mol. The first-order valence-corrected chi connectivity index (χ1v) is 9.71. The molecule has 2 aliphatic heterocycles. The average molecular weight is 366 g/mol. The van der Waals surface area contributed by atoms with E-state index < -0.39 is 0 Å². The van der Waals surface area contributed by atoms with Gasteiger partial charge in [0.25, 0.3) is 5.91 Å². The molecule has 132 valence electrons. The number of ether oxygens (including phenoxy) is 2. The van der Waals surface area contributed by atoms with Crippen LogP contribution in [0.15, 0.2) is 41.9 Å². The Morgan fingerprint density at radius 3 is 2.92 bits per heavy atom. The molecule has 1 atom stereocenters. The van der Waals surface area contributed by atoms with E-state index in [9.17, 15) is 4.79 Å². The van der Waals surface area contributed by atoms with Crippen LogP contribution in [0.25, 0.3) is 10.2 Å². The number of thiazole rings is 1. The SMILES string of the molecule is O=C(c1ccc2ncsc2c1)N1CCC[C@H]1c1ccc2c(c1)OCCO2. The van der Waals surface area contributed by atoms with Crippen molar-refractivity contribution in [3.8, 4) is 11.5 Å². The van der Waals surface area contributed by atoms with E-state index in [1.54, 1.807) is 11.3 Å². The summed E-state index contributed by atoms with van der Waals surface area (Å²) in [7, 11) is 0. The van der Waals surface area contributed by atoms with E-state index in [0.717, 1.165) is 52.2 Å². The summed E-state index contributed by atoms with van der Waals surface area (Å²) in [6.07, 6.45) is 1.97. The summed E-state index contributed by atoms with van der Waals surface area (Å²) in [5, 5.41) is 0. The van der Waals surface area contributed by atoms with Gasteiger partial charge in [-0.05, 0) is 48.7 Å². The zero-order chi connectivity index (χ0) is 17.5. The van der Waals surface area contributed by atoms with Gasteiger partial charge >= 0.3 is 0 Å². The Hall–Kier alpha value is -2.60. The summed E-state index contributed by atoms with van der Waals surface area (Å²) in [5.41, 5.74) is 4.59. The van der Waals surface area contributed by atoms with E-state index in [0.29, 0.717) is 13.2 Å². The normalized spacial score (nSPS) is 19.1. The molecule has 1 amide bonds. The maximum Gasteiger partial charge on any atom is 0.254 e. The fraction of sp³-hybridized carbons (Fsp3) is 0.300. The molecule has 2 aliphatic rings. The van der Waals surface area contributed by atoms with Crippen LogP contribution in [-0.2, 0) is 0 Å². The van der Waals surface area contributed by atoms with Crippen LogP contribution in [0, 0.1) is 0 Å². The molecule has 2 aromatic carbocycles. The summed E-state index contributed by atoms with van der Waals surface area (Å²) in [6.45, 7) is 1.93. The Kier molecular flexibility index (Phi) is 3.78. The van der Waals surface area contributed by atoms with E-state index in [1.165, 1.54) is 0 Å². The predicted molar refractivity (Wildman–Crippen MR) is 100 cm³/mol. The van der Waals surface area contributed by atoms with Crippen molar-refractivity contribution in [1.82, 2.24) is 9.88 Å². The van der Waals surface area contributed by atoms with Gasteiger partial charge in [-0.2, -0.15) is 0 Å². The number of carbonyl (C=O) groups excluding carboxylic acids is 1. The number of hydrogen-bond donors (Lipinski definition) is 0. The second-order valence-corrected chi connectivity index (χ2v) is 7.48. The van der Waals surface area contributed by atoms with Gasteiger partial charge in [-0.25, -0.2) is 4.98 Å². The highest BCUT2D eigenvalue weighted by atomic mass is 32.1. The van der Waals surface area contributed by atoms with E-state index >= 15 is 0 Å². The Morgan fingerprint density at radius 1 is 1.12 bits per heavy atom. The number of carbonyl (C=O) groups is 1. The Labute approximate surface area is 155 Å². The Balaban J connectivity index is 1.45. The fourth-order valence-electron chi connectivity index (χ4n) is 3.78. The van der Waals surface area contributed by atoms with Crippen molar-refractivity contribution in [3.05, 3.63) is 53.0 Å². The van der Waals surface area contributed by atoms with Gasteiger partial charge in [0.2, 0.25) is 0 Å². The number of rotatable bonds is 2. The van der Waals surface area contributed by atoms with Gasteiger partial charge in [-0.1, -0.05) is 6.07 Å². The van der Waals surface area contributed by atoms with Crippen molar-refractivity contribution in [2.24, 2.45) is 0 Å². The molecule has 3 aromatic rings. The maximum absolute atomic E-state index is 13.1. The lowest BCUT2D eigenvalue weighted by molar-refractivity contribution is 0.0735. The molecule has 3 heterocycles. The van der Waals surface area contributed by atoms with Gasteiger partial charge in [0, 0.05) is 12.1 Å². The number of benzene rings is 2. The number of hydrogen-bond acceptors (Lipinski definition) is 5. The van der Waals surface area contributed by atoms with Crippen LogP contribution in [0.1, 0.15) is 34.8 Å². The highest BCUT2D eigenvalue weighted by Gasteiger charge is 2.31. The predicted octanol–water partition coefficient (Wildman–Crippen LogP) is 4.04. The second kappa shape index (κ2) is 6.29. The first kappa shape index (κ1) is 15.6. The van der Waals surface area contributed by atoms with E-state index in [-0.39, 0.29) is 11.9 Å². The van der Waals surface area contributed by atoms with Gasteiger partial charge in [0.05, 0.1) is 21.8 Å². The van der Waals surface area contributed by atoms with Crippen LogP contribution in [-0.4, -0.2) is 35.5 Å². The van der Waals surface area contributed by atoms with Crippen LogP contribution in [0.4, 0.5) is 0 Å². The smallest absolute Gasteiger partial charge is 0.254 e. The summed E-state index contributed by atoms with van der Waals surface area (Å²) >= 11 is 1.56. The number of aromatic nitrogens is 1. The fourth-order valence-corrected chi connectivity index (χ4v) is 4.49. The van der Waals surface area contributed by atoms with Crippen molar-refractivity contribution in [1.29, 1.82) is 0 Å². The van der Waals surface area contributed by atoms with Crippen LogP contribution in [0.3, 0.4) is 0 Å². The third-order valence-corrected chi connectivity index (χ3v) is 5.83.